The molecule has 0 fully saturated rings. The maximum absolute atomic E-state index is 7.06. The Morgan fingerprint density at radius 1 is 0.375 bits per heavy atom. The summed E-state index contributed by atoms with van der Waals surface area (Å²) in [5, 5.41) is 0. The minimum atomic E-state index is -0.108. The van der Waals surface area contributed by atoms with E-state index in [1.807, 2.05) is 0 Å². The molecule has 350 valence electrons. The highest BCUT2D eigenvalue weighted by atomic mass is 16.5. The largest absolute Gasteiger partial charge is 0.493 e. The Balaban J connectivity index is 1.79. The minimum Gasteiger partial charge on any atom is -0.493 e. The lowest BCUT2D eigenvalue weighted by molar-refractivity contribution is 0.0753. The normalized spacial score (nSPS) is 15.9. The van der Waals surface area contributed by atoms with Crippen LogP contribution < -0.4 is 18.9 Å². The molecule has 0 radical (unpaired) electrons. The van der Waals surface area contributed by atoms with Gasteiger partial charge in [-0.05, 0) is 114 Å². The summed E-state index contributed by atoms with van der Waals surface area (Å²) in [5.74, 6) is 3.81. The highest BCUT2D eigenvalue weighted by Crippen LogP contribution is 2.44. The van der Waals surface area contributed by atoms with Crippen LogP contribution in [0.4, 0.5) is 0 Å². The molecule has 2 aliphatic rings. The average molecular weight is 875 g/mol. The van der Waals surface area contributed by atoms with Crippen LogP contribution in [-0.2, 0) is 56.8 Å². The third kappa shape index (κ3) is 12.5. The molecule has 0 saturated carbocycles. The fraction of sp³-hybridized carbons (Fsp3) is 0.586. The van der Waals surface area contributed by atoms with Gasteiger partial charge in [0.25, 0.3) is 0 Å². The van der Waals surface area contributed by atoms with Crippen LogP contribution in [0.3, 0.4) is 0 Å². The maximum atomic E-state index is 7.06. The van der Waals surface area contributed by atoms with E-state index in [-0.39, 0.29) is 21.7 Å². The summed E-state index contributed by atoms with van der Waals surface area (Å²) < 4.78 is 40.5. The van der Waals surface area contributed by atoms with Gasteiger partial charge >= 0.3 is 0 Å². The molecule has 0 spiro atoms. The standard InChI is InChI=1S/C58H82O6/c1-15-19-61-51-39-27-43-35-49(57(9,10)11)37-45-29-41-33-48(56(6,7)8)34-42(52(41)62-20-16-2)30-46-38-50(58(12,13)14)36-44(28-40(51)32-47(31-39)55(3,4)5)54(46)64-26-24-60-22-18-17-21-59-23-25-63-53(43)45/h31-38H,15-30H2,1-14H3. The van der Waals surface area contributed by atoms with Crippen molar-refractivity contribution in [2.24, 2.45) is 0 Å². The van der Waals surface area contributed by atoms with Gasteiger partial charge in [-0.2, -0.15) is 0 Å². The number of hydrogen-bond donors (Lipinski definition) is 0. The number of fused-ring (bicyclic) bond motifs is 2. The zero-order valence-corrected chi connectivity index (χ0v) is 42.4. The molecule has 0 amide bonds. The molecule has 10 bridgehead atoms. The van der Waals surface area contributed by atoms with Crippen molar-refractivity contribution in [3.8, 4) is 23.0 Å². The molecule has 4 aromatic carbocycles. The smallest absolute Gasteiger partial charge is 0.126 e. The second kappa shape index (κ2) is 20.7. The first-order valence-electron chi connectivity index (χ1n) is 24.5. The first-order valence-corrected chi connectivity index (χ1v) is 24.5. The summed E-state index contributed by atoms with van der Waals surface area (Å²) in [6.07, 6.45) is 6.30. The van der Waals surface area contributed by atoms with Crippen molar-refractivity contribution in [1.29, 1.82) is 0 Å². The molecule has 0 unspecified atom stereocenters. The number of hydrogen-bond acceptors (Lipinski definition) is 6. The van der Waals surface area contributed by atoms with Crippen LogP contribution in [0.25, 0.3) is 0 Å². The fourth-order valence-corrected chi connectivity index (χ4v) is 8.79. The summed E-state index contributed by atoms with van der Waals surface area (Å²) in [6, 6.07) is 19.2. The third-order valence-corrected chi connectivity index (χ3v) is 12.6. The van der Waals surface area contributed by atoms with E-state index < -0.39 is 0 Å². The van der Waals surface area contributed by atoms with E-state index in [0.717, 1.165) is 48.7 Å². The molecule has 6 rings (SSSR count). The zero-order chi connectivity index (χ0) is 46.5. The second-order valence-corrected chi connectivity index (χ2v) is 22.5. The van der Waals surface area contributed by atoms with E-state index in [0.29, 0.717) is 78.5 Å². The van der Waals surface area contributed by atoms with Crippen LogP contribution in [0.5, 0.6) is 23.0 Å². The van der Waals surface area contributed by atoms with Crippen molar-refractivity contribution < 1.29 is 28.4 Å². The van der Waals surface area contributed by atoms with Crippen molar-refractivity contribution in [3.63, 3.8) is 0 Å². The summed E-state index contributed by atoms with van der Waals surface area (Å²) >= 11 is 0. The van der Waals surface area contributed by atoms with E-state index in [9.17, 15) is 0 Å². The van der Waals surface area contributed by atoms with Gasteiger partial charge in [0.1, 0.15) is 36.2 Å². The fourth-order valence-electron chi connectivity index (χ4n) is 8.79. The Hall–Kier alpha value is -4.00. The lowest BCUT2D eigenvalue weighted by atomic mass is 9.79. The van der Waals surface area contributed by atoms with Crippen molar-refractivity contribution in [3.05, 3.63) is 115 Å². The Kier molecular flexibility index (Phi) is 16.0. The summed E-state index contributed by atoms with van der Waals surface area (Å²) in [7, 11) is 0. The van der Waals surface area contributed by atoms with Crippen molar-refractivity contribution in [2.45, 2.75) is 170 Å². The molecule has 0 N–H and O–H groups in total. The third-order valence-electron chi connectivity index (χ3n) is 12.6. The molecular formula is C58H82O6. The van der Waals surface area contributed by atoms with Gasteiger partial charge in [0.15, 0.2) is 0 Å². The van der Waals surface area contributed by atoms with Gasteiger partial charge in [-0.25, -0.2) is 0 Å². The Bertz CT molecular complexity index is 1950. The predicted octanol–water partition coefficient (Wildman–Crippen LogP) is 13.7. The van der Waals surface area contributed by atoms with E-state index >= 15 is 0 Å². The lowest BCUT2D eigenvalue weighted by Crippen LogP contribution is -2.18. The summed E-state index contributed by atoms with van der Waals surface area (Å²) in [5.41, 5.74) is 14.1. The van der Waals surface area contributed by atoms with E-state index in [1.54, 1.807) is 0 Å². The monoisotopic (exact) mass is 875 g/mol. The van der Waals surface area contributed by atoms with Crippen molar-refractivity contribution in [2.75, 3.05) is 52.9 Å². The number of benzene rings is 4. The zero-order valence-electron chi connectivity index (χ0n) is 42.4. The van der Waals surface area contributed by atoms with Crippen LogP contribution in [0.1, 0.15) is 189 Å². The Morgan fingerprint density at radius 2 is 0.641 bits per heavy atom. The Labute approximate surface area is 388 Å². The highest BCUT2D eigenvalue weighted by molar-refractivity contribution is 5.60. The molecule has 6 nitrogen and oxygen atoms in total. The van der Waals surface area contributed by atoms with Gasteiger partial charge in [0.2, 0.25) is 0 Å². The lowest BCUT2D eigenvalue weighted by Gasteiger charge is -2.29. The van der Waals surface area contributed by atoms with Gasteiger partial charge in [0, 0.05) is 38.9 Å². The number of ether oxygens (including phenoxy) is 6. The molecule has 4 aromatic rings. The van der Waals surface area contributed by atoms with Gasteiger partial charge in [-0.3, -0.25) is 0 Å². The van der Waals surface area contributed by atoms with E-state index in [2.05, 4.69) is 145 Å². The van der Waals surface area contributed by atoms with Crippen molar-refractivity contribution >= 4 is 0 Å². The topological polar surface area (TPSA) is 55.4 Å². The quantitative estimate of drug-likeness (QED) is 0.169. The summed E-state index contributed by atoms with van der Waals surface area (Å²) in [6.45, 7) is 36.7. The molecule has 64 heavy (non-hydrogen) atoms. The molecule has 0 atom stereocenters. The van der Waals surface area contributed by atoms with Gasteiger partial charge in [-0.1, -0.05) is 145 Å². The van der Waals surface area contributed by atoms with Crippen LogP contribution in [-0.4, -0.2) is 52.9 Å². The first-order chi connectivity index (χ1) is 30.2. The number of rotatable bonds is 6. The van der Waals surface area contributed by atoms with Gasteiger partial charge < -0.3 is 28.4 Å². The molecule has 1 aliphatic heterocycles. The molecule has 1 aliphatic carbocycles. The molecular weight excluding hydrogens is 793 g/mol. The van der Waals surface area contributed by atoms with E-state index in [1.165, 1.54) is 66.8 Å². The van der Waals surface area contributed by atoms with Crippen LogP contribution in [0.2, 0.25) is 0 Å². The van der Waals surface area contributed by atoms with Crippen molar-refractivity contribution in [1.82, 2.24) is 0 Å². The van der Waals surface area contributed by atoms with E-state index in [4.69, 9.17) is 28.4 Å². The SMILES string of the molecule is CCCOc1c2cc(C(C)(C)C)cc1Cc1cc(C(C)(C)C)cc3c1OCCOCCCCOCCOc1c(cc(C(C)(C)C)cc1Cc1cc(C(C)(C)C)cc(c1OCCC)C3)C2. The minimum absolute atomic E-state index is 0.105. The van der Waals surface area contributed by atoms with Gasteiger partial charge in [-0.15, -0.1) is 0 Å². The highest BCUT2D eigenvalue weighted by Gasteiger charge is 2.29. The molecule has 0 saturated heterocycles. The average Bonchev–Trinajstić information content (AvgIpc) is 3.19. The second-order valence-electron chi connectivity index (χ2n) is 22.5. The van der Waals surface area contributed by atoms with Gasteiger partial charge in [0.05, 0.1) is 26.4 Å². The maximum Gasteiger partial charge on any atom is 0.126 e. The molecule has 0 aromatic heterocycles. The predicted molar refractivity (Wildman–Crippen MR) is 265 cm³/mol. The Morgan fingerprint density at radius 3 is 0.891 bits per heavy atom. The summed E-state index contributed by atoms with van der Waals surface area (Å²) in [4.78, 5) is 0. The van der Waals surface area contributed by atoms with Crippen LogP contribution in [0.15, 0.2) is 48.5 Å². The van der Waals surface area contributed by atoms with Crippen LogP contribution >= 0.6 is 0 Å². The first kappa shape index (κ1) is 49.4. The molecule has 6 heteroatoms. The molecule has 1 heterocycles. The van der Waals surface area contributed by atoms with Crippen LogP contribution in [0, 0.1) is 0 Å².